The van der Waals surface area contributed by atoms with Gasteiger partial charge in [0.1, 0.15) is 0 Å². The van der Waals surface area contributed by atoms with Crippen LogP contribution in [0.15, 0.2) is 0 Å². The number of hydrogen-bond acceptors (Lipinski definition) is 5. The van der Waals surface area contributed by atoms with Gasteiger partial charge in [-0.25, -0.2) is 0 Å². The quantitative estimate of drug-likeness (QED) is 0.348. The van der Waals surface area contributed by atoms with Crippen LogP contribution in [0.25, 0.3) is 0 Å². The van der Waals surface area contributed by atoms with Crippen molar-refractivity contribution in [3.05, 3.63) is 0 Å². The topological polar surface area (TPSA) is 70.5 Å². The Kier molecular flexibility index (Phi) is 15.7. The lowest BCUT2D eigenvalue weighted by Crippen LogP contribution is -2.48. The van der Waals surface area contributed by atoms with Gasteiger partial charge >= 0.3 is 0 Å². The van der Waals surface area contributed by atoms with E-state index in [1.165, 1.54) is 110 Å². The number of rotatable bonds is 17. The summed E-state index contributed by atoms with van der Waals surface area (Å²) in [7, 11) is 0. The molecule has 0 atom stereocenters. The summed E-state index contributed by atoms with van der Waals surface area (Å²) in [6.45, 7) is 11.5. The van der Waals surface area contributed by atoms with E-state index in [1.54, 1.807) is 0 Å². The molecule has 1 aliphatic heterocycles. The van der Waals surface area contributed by atoms with Crippen molar-refractivity contribution >= 4 is 0 Å². The van der Waals surface area contributed by atoms with Gasteiger partial charge in [-0.2, -0.15) is 0 Å². The third-order valence-electron chi connectivity index (χ3n) is 5.31. The fourth-order valence-electron chi connectivity index (χ4n) is 3.53. The molecule has 5 heteroatoms. The van der Waals surface area contributed by atoms with Gasteiger partial charge in [0.25, 0.3) is 0 Å². The lowest BCUT2D eigenvalue weighted by molar-refractivity contribution is 0.131. The number of piperazine rings is 1. The van der Waals surface area contributed by atoms with E-state index < -0.39 is 0 Å². The molecular weight excluding hydrogens is 310 g/mol. The summed E-state index contributed by atoms with van der Waals surface area (Å²) >= 11 is 0. The minimum absolute atomic E-state index is 0.848. The Hall–Kier alpha value is -0.200. The lowest BCUT2D eigenvalue weighted by Gasteiger charge is -2.34. The molecule has 1 rings (SSSR count). The Morgan fingerprint density at radius 1 is 0.520 bits per heavy atom. The van der Waals surface area contributed by atoms with Crippen LogP contribution in [-0.4, -0.2) is 75.2 Å². The summed E-state index contributed by atoms with van der Waals surface area (Å²) in [6, 6.07) is 0. The molecule has 1 aliphatic rings. The highest BCUT2D eigenvalue weighted by Crippen LogP contribution is 2.06. The van der Waals surface area contributed by atoms with Gasteiger partial charge in [-0.15, -0.1) is 0 Å². The van der Waals surface area contributed by atoms with Crippen molar-refractivity contribution in [1.29, 1.82) is 0 Å². The minimum atomic E-state index is 0.848. The second kappa shape index (κ2) is 17.2. The normalized spacial score (nSPS) is 16.6. The van der Waals surface area contributed by atoms with Crippen molar-refractivity contribution in [3.63, 3.8) is 0 Å². The standard InChI is InChI=1S/C20H45N5/c21-11-7-3-1-5-9-13-23-14-16-25-19-17-24(18-20-25)15-10-6-2-4-8-12-22/h23H,1-22H2. The predicted molar refractivity (Wildman–Crippen MR) is 110 cm³/mol. The van der Waals surface area contributed by atoms with Crippen LogP contribution in [0.1, 0.15) is 64.2 Å². The van der Waals surface area contributed by atoms with Gasteiger partial charge in [-0.05, 0) is 51.9 Å². The van der Waals surface area contributed by atoms with Crippen LogP contribution < -0.4 is 16.8 Å². The summed E-state index contributed by atoms with van der Waals surface area (Å²) in [5.74, 6) is 0. The molecule has 5 N–H and O–H groups in total. The fourth-order valence-corrected chi connectivity index (χ4v) is 3.53. The molecule has 150 valence electrons. The second-order valence-corrected chi connectivity index (χ2v) is 7.55. The number of nitrogens with zero attached hydrogens (tertiary/aromatic N) is 2. The zero-order valence-electron chi connectivity index (χ0n) is 16.7. The van der Waals surface area contributed by atoms with Gasteiger partial charge in [0, 0.05) is 39.3 Å². The summed E-state index contributed by atoms with van der Waals surface area (Å²) in [5.41, 5.74) is 11.0. The molecule has 0 saturated carbocycles. The summed E-state index contributed by atoms with van der Waals surface area (Å²) in [6.07, 6.45) is 13.1. The van der Waals surface area contributed by atoms with Gasteiger partial charge in [0.15, 0.2) is 0 Å². The van der Waals surface area contributed by atoms with E-state index in [2.05, 4.69) is 15.1 Å². The van der Waals surface area contributed by atoms with Crippen molar-refractivity contribution in [2.75, 3.05) is 65.4 Å². The zero-order chi connectivity index (χ0) is 18.0. The average Bonchev–Trinajstić information content (AvgIpc) is 2.64. The number of hydrogen-bond donors (Lipinski definition) is 3. The fraction of sp³-hybridized carbons (Fsp3) is 1.00. The van der Waals surface area contributed by atoms with Crippen LogP contribution >= 0.6 is 0 Å². The van der Waals surface area contributed by atoms with E-state index >= 15 is 0 Å². The van der Waals surface area contributed by atoms with Crippen molar-refractivity contribution in [3.8, 4) is 0 Å². The maximum absolute atomic E-state index is 5.53. The molecule has 0 aromatic rings. The van der Waals surface area contributed by atoms with Crippen LogP contribution in [0, 0.1) is 0 Å². The highest BCUT2D eigenvalue weighted by atomic mass is 15.3. The predicted octanol–water partition coefficient (Wildman–Crippen LogP) is 2.01. The molecule has 25 heavy (non-hydrogen) atoms. The molecule has 5 nitrogen and oxygen atoms in total. The van der Waals surface area contributed by atoms with E-state index in [0.717, 1.165) is 19.6 Å². The van der Waals surface area contributed by atoms with Gasteiger partial charge in [-0.1, -0.05) is 38.5 Å². The minimum Gasteiger partial charge on any atom is -0.330 e. The first-order valence-corrected chi connectivity index (χ1v) is 10.9. The van der Waals surface area contributed by atoms with E-state index in [-0.39, 0.29) is 0 Å². The highest BCUT2D eigenvalue weighted by molar-refractivity contribution is 4.72. The molecule has 1 fully saturated rings. The van der Waals surface area contributed by atoms with Gasteiger partial charge in [-0.3, -0.25) is 4.90 Å². The van der Waals surface area contributed by atoms with E-state index in [4.69, 9.17) is 11.5 Å². The van der Waals surface area contributed by atoms with Crippen LogP contribution in [-0.2, 0) is 0 Å². The van der Waals surface area contributed by atoms with Crippen LogP contribution in [0.5, 0.6) is 0 Å². The summed E-state index contributed by atoms with van der Waals surface area (Å²) < 4.78 is 0. The lowest BCUT2D eigenvalue weighted by atomic mass is 10.1. The Labute approximate surface area is 156 Å². The van der Waals surface area contributed by atoms with Crippen molar-refractivity contribution in [1.82, 2.24) is 15.1 Å². The Morgan fingerprint density at radius 3 is 1.60 bits per heavy atom. The van der Waals surface area contributed by atoms with E-state index in [1.807, 2.05) is 0 Å². The van der Waals surface area contributed by atoms with E-state index in [0.29, 0.717) is 0 Å². The Balaban J connectivity index is 1.84. The van der Waals surface area contributed by atoms with Gasteiger partial charge in [0.05, 0.1) is 0 Å². The van der Waals surface area contributed by atoms with Crippen LogP contribution in [0.3, 0.4) is 0 Å². The monoisotopic (exact) mass is 355 g/mol. The summed E-state index contributed by atoms with van der Waals surface area (Å²) in [5, 5.41) is 3.60. The molecule has 0 aromatic heterocycles. The molecule has 0 radical (unpaired) electrons. The molecule has 0 bridgehead atoms. The molecular formula is C20H45N5. The smallest absolute Gasteiger partial charge is 0.0110 e. The Morgan fingerprint density at radius 2 is 1.00 bits per heavy atom. The van der Waals surface area contributed by atoms with Gasteiger partial charge in [0.2, 0.25) is 0 Å². The SMILES string of the molecule is NCCCCCCCNCCN1CCN(CCCCCCCN)CC1. The first kappa shape index (κ1) is 22.8. The molecule has 0 spiro atoms. The molecule has 0 aromatic carbocycles. The third kappa shape index (κ3) is 13.6. The number of nitrogens with one attached hydrogen (secondary N) is 1. The van der Waals surface area contributed by atoms with E-state index in [9.17, 15) is 0 Å². The number of unbranched alkanes of at least 4 members (excludes halogenated alkanes) is 8. The third-order valence-corrected chi connectivity index (χ3v) is 5.31. The second-order valence-electron chi connectivity index (χ2n) is 7.55. The van der Waals surface area contributed by atoms with Crippen LogP contribution in [0.2, 0.25) is 0 Å². The average molecular weight is 356 g/mol. The molecule has 0 amide bonds. The summed E-state index contributed by atoms with van der Waals surface area (Å²) in [4.78, 5) is 5.26. The zero-order valence-corrected chi connectivity index (χ0v) is 16.7. The largest absolute Gasteiger partial charge is 0.330 e. The van der Waals surface area contributed by atoms with Gasteiger partial charge < -0.3 is 21.7 Å². The van der Waals surface area contributed by atoms with Crippen molar-refractivity contribution in [2.45, 2.75) is 64.2 Å². The van der Waals surface area contributed by atoms with Crippen molar-refractivity contribution < 1.29 is 0 Å². The molecule has 0 aliphatic carbocycles. The first-order valence-electron chi connectivity index (χ1n) is 10.9. The first-order chi connectivity index (χ1) is 12.4. The maximum Gasteiger partial charge on any atom is 0.0110 e. The molecule has 0 unspecified atom stereocenters. The molecule has 1 heterocycles. The van der Waals surface area contributed by atoms with Crippen LogP contribution in [0.4, 0.5) is 0 Å². The maximum atomic E-state index is 5.53. The van der Waals surface area contributed by atoms with Crippen molar-refractivity contribution in [2.24, 2.45) is 11.5 Å². The highest BCUT2D eigenvalue weighted by Gasteiger charge is 2.15. The molecule has 1 saturated heterocycles. The number of nitrogens with two attached hydrogens (primary N) is 2. The Bertz CT molecular complexity index is 264.